The number of aliphatic hydroxyl groups excluding tert-OH is 2. The maximum atomic E-state index is 14.3. The number of nitrogens with one attached hydrogen (secondary N) is 1. The van der Waals surface area contributed by atoms with Gasteiger partial charge in [-0.15, -0.1) is 0 Å². The van der Waals surface area contributed by atoms with Crippen LogP contribution in [0.25, 0.3) is 0 Å². The molecule has 1 aromatic rings. The Balaban J connectivity index is 1.91. The second-order valence-electron chi connectivity index (χ2n) is 15.0. The molecule has 1 unspecified atom stereocenters. The summed E-state index contributed by atoms with van der Waals surface area (Å²) < 4.78 is 24.7. The second-order valence-corrected chi connectivity index (χ2v) is 15.5. The lowest BCUT2D eigenvalue weighted by Crippen LogP contribution is -2.59. The number of likely N-dealkylation sites (N-methyl/N-ethyl adjacent to an activating group) is 2. The van der Waals surface area contributed by atoms with Crippen molar-refractivity contribution in [3.05, 3.63) is 29.3 Å². The summed E-state index contributed by atoms with van der Waals surface area (Å²) >= 11 is 6.04. The van der Waals surface area contributed by atoms with E-state index < -0.39 is 47.8 Å². The summed E-state index contributed by atoms with van der Waals surface area (Å²) in [5.74, 6) is -1.72. The fourth-order valence-corrected chi connectivity index (χ4v) is 7.27. The van der Waals surface area contributed by atoms with Crippen LogP contribution >= 0.6 is 11.6 Å². The van der Waals surface area contributed by atoms with Crippen LogP contribution in [0.5, 0.6) is 0 Å². The van der Waals surface area contributed by atoms with Crippen molar-refractivity contribution in [2.75, 3.05) is 66.4 Å². The molecule has 12 nitrogen and oxygen atoms in total. The van der Waals surface area contributed by atoms with E-state index in [9.17, 15) is 19.8 Å². The number of methoxy groups -OCH3 is 1. The number of ether oxygens (including phenoxy) is 4. The number of carbonyl (C=O) groups excluding carboxylic acids is 2. The number of nitrogens with zero attached hydrogens (tertiary/aromatic N) is 3. The van der Waals surface area contributed by atoms with Crippen molar-refractivity contribution in [3.63, 3.8) is 0 Å². The van der Waals surface area contributed by atoms with Crippen LogP contribution in [0.2, 0.25) is 5.02 Å². The summed E-state index contributed by atoms with van der Waals surface area (Å²) in [5.41, 5.74) is -1.77. The molecule has 3 rings (SSSR count). The summed E-state index contributed by atoms with van der Waals surface area (Å²) in [7, 11) is 7.45. The van der Waals surface area contributed by atoms with Crippen molar-refractivity contribution in [1.82, 2.24) is 14.7 Å². The first-order chi connectivity index (χ1) is 22.9. The number of anilines is 1. The van der Waals surface area contributed by atoms with E-state index in [1.807, 2.05) is 44.8 Å². The number of aliphatic hydroxyl groups is 2. The molecule has 0 bridgehead atoms. The molecule has 3 N–H and O–H groups in total. The van der Waals surface area contributed by atoms with Crippen LogP contribution < -0.4 is 5.32 Å². The van der Waals surface area contributed by atoms with Gasteiger partial charge >= 0.3 is 5.97 Å². The van der Waals surface area contributed by atoms with Crippen molar-refractivity contribution in [1.29, 1.82) is 0 Å². The zero-order valence-corrected chi connectivity index (χ0v) is 31.9. The number of hydrogen-bond donors (Lipinski definition) is 3. The van der Waals surface area contributed by atoms with Crippen LogP contribution in [0.3, 0.4) is 0 Å². The van der Waals surface area contributed by atoms with E-state index in [0.29, 0.717) is 50.5 Å². The Morgan fingerprint density at radius 2 is 1.73 bits per heavy atom. The summed E-state index contributed by atoms with van der Waals surface area (Å²) in [6.45, 7) is 13.3. The number of hydrogen-bond acceptors (Lipinski definition) is 12. The highest BCUT2D eigenvalue weighted by molar-refractivity contribution is 6.30. The minimum atomic E-state index is -1.49. The fourth-order valence-electron chi connectivity index (χ4n) is 7.15. The molecule has 0 aromatic heterocycles. The van der Waals surface area contributed by atoms with Gasteiger partial charge in [0, 0.05) is 56.0 Å². The zero-order chi connectivity index (χ0) is 36.7. The fraction of sp³-hybridized carbons (Fsp3) is 0.778. The van der Waals surface area contributed by atoms with Crippen LogP contribution in [-0.4, -0.2) is 140 Å². The number of rotatable bonds is 7. The molecule has 13 heteroatoms. The molecule has 280 valence electrons. The largest absolute Gasteiger partial charge is 0.465 e. The molecule has 49 heavy (non-hydrogen) atoms. The third-order valence-electron chi connectivity index (χ3n) is 10.1. The normalized spacial score (nSPS) is 34.3. The maximum absolute atomic E-state index is 14.3. The van der Waals surface area contributed by atoms with Crippen molar-refractivity contribution in [3.8, 4) is 0 Å². The van der Waals surface area contributed by atoms with E-state index in [1.165, 1.54) is 0 Å². The van der Waals surface area contributed by atoms with Crippen molar-refractivity contribution < 1.29 is 38.7 Å². The summed E-state index contributed by atoms with van der Waals surface area (Å²) in [5, 5.41) is 26.2. The van der Waals surface area contributed by atoms with Crippen LogP contribution in [0.15, 0.2) is 24.3 Å². The van der Waals surface area contributed by atoms with E-state index in [-0.39, 0.29) is 30.5 Å². The topological polar surface area (TPSA) is 133 Å². The molecule has 2 aliphatic heterocycles. The quantitative estimate of drug-likeness (QED) is 0.216. The van der Waals surface area contributed by atoms with E-state index in [2.05, 4.69) is 17.1 Å². The number of cyclic esters (lactones) is 1. The van der Waals surface area contributed by atoms with Gasteiger partial charge in [0.05, 0.1) is 24.4 Å². The van der Waals surface area contributed by atoms with Crippen LogP contribution in [-0.2, 0) is 28.5 Å². The van der Waals surface area contributed by atoms with Gasteiger partial charge in [-0.2, -0.15) is 0 Å². The lowest BCUT2D eigenvalue weighted by molar-refractivity contribution is -0.295. The van der Waals surface area contributed by atoms with Gasteiger partial charge < -0.3 is 44.3 Å². The molecular formula is C36H61ClN4O8. The Kier molecular flexibility index (Phi) is 15.3. The molecule has 1 aromatic carbocycles. The van der Waals surface area contributed by atoms with E-state index in [1.54, 1.807) is 52.1 Å². The smallest absolute Gasteiger partial charge is 0.319 e. The minimum Gasteiger partial charge on any atom is -0.465 e. The molecular weight excluding hydrogens is 652 g/mol. The molecule has 0 spiro atoms. The standard InChI is InChI=1S/C36H61ClN4O8/c1-23-21-36(6,46-10)31(49-32-29(42)28(39(7)8)20-24(2)48-32)25(3)30(43)35(4,5)33(44)47-19-11-16-41(18-17-40(9)22-23)34(45)38-27-14-12-26(37)13-15-27/h12-15,23-25,28-29,31-32,34,38,42,45H,11,16-22H2,1-10H3/t23-,24-,25+,28+,29-,31-,32+,34?,36-/m1/s1. The van der Waals surface area contributed by atoms with Crippen molar-refractivity contribution in [2.45, 2.75) is 103 Å². The number of halogens is 1. The van der Waals surface area contributed by atoms with Gasteiger partial charge in [0.25, 0.3) is 0 Å². The average molecular weight is 713 g/mol. The van der Waals surface area contributed by atoms with Gasteiger partial charge in [-0.3, -0.25) is 14.5 Å². The van der Waals surface area contributed by atoms with Gasteiger partial charge in [-0.1, -0.05) is 25.4 Å². The zero-order valence-electron chi connectivity index (χ0n) is 31.1. The molecule has 2 aliphatic rings. The highest BCUT2D eigenvalue weighted by atomic mass is 35.5. The monoisotopic (exact) mass is 712 g/mol. The maximum Gasteiger partial charge on any atom is 0.319 e. The van der Waals surface area contributed by atoms with Crippen molar-refractivity contribution >= 4 is 29.0 Å². The first kappa shape index (κ1) is 41.5. The summed E-state index contributed by atoms with van der Waals surface area (Å²) in [6, 6.07) is 6.89. The van der Waals surface area contributed by atoms with Crippen LogP contribution in [0, 0.1) is 17.3 Å². The predicted octanol–water partition coefficient (Wildman–Crippen LogP) is 3.68. The minimum absolute atomic E-state index is 0.0720. The Morgan fingerprint density at radius 1 is 1.08 bits per heavy atom. The average Bonchev–Trinajstić information content (AvgIpc) is 3.03. The molecule has 9 atom stereocenters. The third kappa shape index (κ3) is 11.1. The number of ketones is 1. The van der Waals surface area contributed by atoms with Gasteiger partial charge in [0.1, 0.15) is 11.5 Å². The molecule has 2 saturated heterocycles. The third-order valence-corrected chi connectivity index (χ3v) is 10.3. The highest BCUT2D eigenvalue weighted by Crippen LogP contribution is 2.38. The second kappa shape index (κ2) is 18.1. The first-order valence-electron chi connectivity index (χ1n) is 17.4. The number of Topliss-reactive ketones (excluding diaryl/α,β-unsaturated/α-hetero) is 1. The van der Waals surface area contributed by atoms with Crippen molar-refractivity contribution in [2.24, 2.45) is 17.3 Å². The Hall–Kier alpha value is -1.87. The van der Waals surface area contributed by atoms with E-state index in [4.69, 9.17) is 30.5 Å². The highest BCUT2D eigenvalue weighted by Gasteiger charge is 2.51. The lowest BCUT2D eigenvalue weighted by Gasteiger charge is -2.47. The van der Waals surface area contributed by atoms with Crippen LogP contribution in [0.4, 0.5) is 5.69 Å². The summed E-state index contributed by atoms with van der Waals surface area (Å²) in [4.78, 5) is 33.8. The Morgan fingerprint density at radius 3 is 2.35 bits per heavy atom. The van der Waals surface area contributed by atoms with Crippen LogP contribution in [0.1, 0.15) is 60.8 Å². The van der Waals surface area contributed by atoms with E-state index in [0.717, 1.165) is 5.69 Å². The number of benzene rings is 1. The van der Waals surface area contributed by atoms with E-state index >= 15 is 0 Å². The molecule has 0 saturated carbocycles. The lowest BCUT2D eigenvalue weighted by atomic mass is 9.74. The molecule has 0 amide bonds. The molecule has 0 aliphatic carbocycles. The van der Waals surface area contributed by atoms with Gasteiger partial charge in [-0.05, 0) is 98.3 Å². The number of esters is 1. The Labute approximate surface area is 298 Å². The van der Waals surface area contributed by atoms with Gasteiger partial charge in [-0.25, -0.2) is 0 Å². The van der Waals surface area contributed by atoms with Gasteiger partial charge in [0.2, 0.25) is 0 Å². The van der Waals surface area contributed by atoms with Gasteiger partial charge in [0.15, 0.2) is 18.4 Å². The SMILES string of the molecule is CO[C@]1(C)C[C@@H](C)CN(C)CCN(C(O)Nc2ccc(Cl)cc2)CCCOC(=O)C(C)(C)C(=O)[C@H](C)[C@H]1O[C@@H]1O[C@H](C)C[C@H](N(C)C)[C@H]1O. The molecule has 0 radical (unpaired) electrons. The summed E-state index contributed by atoms with van der Waals surface area (Å²) in [6.07, 6.45) is -2.43. The molecule has 2 fully saturated rings. The molecule has 2 heterocycles. The first-order valence-corrected chi connectivity index (χ1v) is 17.8. The number of carbonyl (C=O) groups is 2. The predicted molar refractivity (Wildman–Crippen MR) is 190 cm³/mol. The Bertz CT molecular complexity index is 1210.